The Morgan fingerprint density at radius 2 is 2.10 bits per heavy atom. The Labute approximate surface area is 119 Å². The minimum absolute atomic E-state index is 0.0117. The predicted octanol–water partition coefficient (Wildman–Crippen LogP) is 2.78. The topological polar surface area (TPSA) is 59.5 Å². The van der Waals surface area contributed by atoms with Gasteiger partial charge in [0.05, 0.1) is 12.8 Å². The summed E-state index contributed by atoms with van der Waals surface area (Å²) in [6.45, 7) is 4.79. The molecule has 0 saturated heterocycles. The SMILES string of the molecule is Cc1ccc(C)c(N(Cc2ccco2)C(=O)CCN)c1. The van der Waals surface area contributed by atoms with Crippen molar-refractivity contribution in [2.75, 3.05) is 11.4 Å². The van der Waals surface area contributed by atoms with Crippen molar-refractivity contribution in [2.45, 2.75) is 26.8 Å². The molecule has 20 heavy (non-hydrogen) atoms. The molecule has 1 heterocycles. The van der Waals surface area contributed by atoms with Crippen LogP contribution in [0.25, 0.3) is 0 Å². The first-order chi connectivity index (χ1) is 9.61. The highest BCUT2D eigenvalue weighted by Crippen LogP contribution is 2.24. The number of anilines is 1. The van der Waals surface area contributed by atoms with Crippen LogP contribution in [0.15, 0.2) is 41.0 Å². The van der Waals surface area contributed by atoms with E-state index in [1.807, 2.05) is 44.2 Å². The van der Waals surface area contributed by atoms with E-state index in [2.05, 4.69) is 0 Å². The lowest BCUT2D eigenvalue weighted by Crippen LogP contribution is -2.32. The summed E-state index contributed by atoms with van der Waals surface area (Å²) in [5, 5.41) is 0. The van der Waals surface area contributed by atoms with Crippen LogP contribution in [0.3, 0.4) is 0 Å². The van der Waals surface area contributed by atoms with Crippen LogP contribution in [0, 0.1) is 13.8 Å². The van der Waals surface area contributed by atoms with Crippen LogP contribution in [-0.4, -0.2) is 12.5 Å². The van der Waals surface area contributed by atoms with E-state index in [1.54, 1.807) is 11.2 Å². The Kier molecular flexibility index (Phi) is 4.58. The standard InChI is InChI=1S/C16H20N2O2/c1-12-5-6-13(2)15(10-12)18(16(19)7-8-17)11-14-4-3-9-20-14/h3-6,9-10H,7-8,11,17H2,1-2H3. The summed E-state index contributed by atoms with van der Waals surface area (Å²) in [6, 6.07) is 9.78. The normalized spacial score (nSPS) is 10.6. The molecule has 0 bridgehead atoms. The van der Waals surface area contributed by atoms with Crippen LogP contribution in [0.4, 0.5) is 5.69 Å². The van der Waals surface area contributed by atoms with Gasteiger partial charge in [0, 0.05) is 18.7 Å². The molecular formula is C16H20N2O2. The van der Waals surface area contributed by atoms with Gasteiger partial charge in [-0.25, -0.2) is 0 Å². The molecule has 4 heteroatoms. The van der Waals surface area contributed by atoms with E-state index in [0.717, 1.165) is 22.6 Å². The molecule has 0 atom stereocenters. The van der Waals surface area contributed by atoms with Gasteiger partial charge in [-0.1, -0.05) is 12.1 Å². The molecule has 1 amide bonds. The number of nitrogens with zero attached hydrogens (tertiary/aromatic N) is 1. The van der Waals surface area contributed by atoms with Crippen LogP contribution >= 0.6 is 0 Å². The number of furan rings is 1. The van der Waals surface area contributed by atoms with Gasteiger partial charge in [0.15, 0.2) is 0 Å². The maximum absolute atomic E-state index is 12.3. The highest BCUT2D eigenvalue weighted by atomic mass is 16.3. The fraction of sp³-hybridized carbons (Fsp3) is 0.312. The van der Waals surface area contributed by atoms with Gasteiger partial charge in [-0.2, -0.15) is 0 Å². The van der Waals surface area contributed by atoms with Crippen molar-refractivity contribution in [3.8, 4) is 0 Å². The summed E-state index contributed by atoms with van der Waals surface area (Å²) >= 11 is 0. The average Bonchev–Trinajstić information content (AvgIpc) is 2.92. The van der Waals surface area contributed by atoms with Gasteiger partial charge >= 0.3 is 0 Å². The molecule has 2 aromatic rings. The minimum atomic E-state index is 0.0117. The summed E-state index contributed by atoms with van der Waals surface area (Å²) in [4.78, 5) is 14.1. The summed E-state index contributed by atoms with van der Waals surface area (Å²) < 4.78 is 5.36. The monoisotopic (exact) mass is 272 g/mol. The van der Waals surface area contributed by atoms with Crippen LogP contribution in [-0.2, 0) is 11.3 Å². The summed E-state index contributed by atoms with van der Waals surface area (Å²) in [5.41, 5.74) is 8.62. The fourth-order valence-electron chi connectivity index (χ4n) is 2.13. The highest BCUT2D eigenvalue weighted by Gasteiger charge is 2.18. The third kappa shape index (κ3) is 3.27. The first-order valence-corrected chi connectivity index (χ1v) is 6.72. The minimum Gasteiger partial charge on any atom is -0.467 e. The van der Waals surface area contributed by atoms with Gasteiger partial charge in [-0.05, 0) is 43.2 Å². The largest absolute Gasteiger partial charge is 0.467 e. The second-order valence-electron chi connectivity index (χ2n) is 4.89. The number of hydrogen-bond donors (Lipinski definition) is 1. The molecule has 2 N–H and O–H groups in total. The van der Waals surface area contributed by atoms with Gasteiger partial charge in [0.25, 0.3) is 0 Å². The van der Waals surface area contributed by atoms with E-state index in [4.69, 9.17) is 10.2 Å². The van der Waals surface area contributed by atoms with Crippen LogP contribution in [0.2, 0.25) is 0 Å². The van der Waals surface area contributed by atoms with E-state index >= 15 is 0 Å². The number of rotatable bonds is 5. The third-order valence-corrected chi connectivity index (χ3v) is 3.21. The molecular weight excluding hydrogens is 252 g/mol. The molecule has 106 valence electrons. The van der Waals surface area contributed by atoms with Crippen molar-refractivity contribution in [2.24, 2.45) is 5.73 Å². The van der Waals surface area contributed by atoms with Crippen molar-refractivity contribution in [1.82, 2.24) is 0 Å². The summed E-state index contributed by atoms with van der Waals surface area (Å²) in [7, 11) is 0. The average molecular weight is 272 g/mol. The summed E-state index contributed by atoms with van der Waals surface area (Å²) in [6.07, 6.45) is 1.94. The Balaban J connectivity index is 2.34. The second-order valence-corrected chi connectivity index (χ2v) is 4.89. The van der Waals surface area contributed by atoms with E-state index in [1.165, 1.54) is 0 Å². The van der Waals surface area contributed by atoms with Crippen LogP contribution in [0.1, 0.15) is 23.3 Å². The summed E-state index contributed by atoms with van der Waals surface area (Å²) in [5.74, 6) is 0.772. The van der Waals surface area contributed by atoms with Crippen molar-refractivity contribution in [1.29, 1.82) is 0 Å². The van der Waals surface area contributed by atoms with Crippen LogP contribution in [0.5, 0.6) is 0 Å². The molecule has 0 fully saturated rings. The Morgan fingerprint density at radius 1 is 1.30 bits per heavy atom. The van der Waals surface area contributed by atoms with E-state index < -0.39 is 0 Å². The van der Waals surface area contributed by atoms with Gasteiger partial charge in [-0.15, -0.1) is 0 Å². The third-order valence-electron chi connectivity index (χ3n) is 3.21. The number of nitrogens with two attached hydrogens (primary N) is 1. The Hall–Kier alpha value is -2.07. The van der Waals surface area contributed by atoms with Gasteiger partial charge in [-0.3, -0.25) is 4.79 Å². The number of amides is 1. The van der Waals surface area contributed by atoms with E-state index in [9.17, 15) is 4.79 Å². The molecule has 0 unspecified atom stereocenters. The Bertz CT molecular complexity index is 576. The maximum Gasteiger partial charge on any atom is 0.228 e. The van der Waals surface area contributed by atoms with Crippen molar-refractivity contribution in [3.05, 3.63) is 53.5 Å². The molecule has 0 spiro atoms. The predicted molar refractivity (Wildman–Crippen MR) is 79.5 cm³/mol. The van der Waals surface area contributed by atoms with Crippen molar-refractivity contribution in [3.63, 3.8) is 0 Å². The van der Waals surface area contributed by atoms with Crippen molar-refractivity contribution < 1.29 is 9.21 Å². The zero-order chi connectivity index (χ0) is 14.5. The molecule has 0 aliphatic carbocycles. The Morgan fingerprint density at radius 3 is 2.75 bits per heavy atom. The molecule has 0 aliphatic rings. The molecule has 1 aromatic carbocycles. The van der Waals surface area contributed by atoms with E-state index in [0.29, 0.717) is 19.5 Å². The smallest absolute Gasteiger partial charge is 0.228 e. The first kappa shape index (κ1) is 14.3. The maximum atomic E-state index is 12.3. The first-order valence-electron chi connectivity index (χ1n) is 6.72. The number of benzene rings is 1. The van der Waals surface area contributed by atoms with Gasteiger partial charge in [0.1, 0.15) is 5.76 Å². The number of aryl methyl sites for hydroxylation is 2. The molecule has 0 saturated carbocycles. The number of hydrogen-bond acceptors (Lipinski definition) is 3. The zero-order valence-electron chi connectivity index (χ0n) is 11.9. The molecule has 2 rings (SSSR count). The molecule has 0 aliphatic heterocycles. The number of carbonyl (C=O) groups excluding carboxylic acids is 1. The zero-order valence-corrected chi connectivity index (χ0v) is 11.9. The molecule has 0 radical (unpaired) electrons. The van der Waals surface area contributed by atoms with E-state index in [-0.39, 0.29) is 5.91 Å². The lowest BCUT2D eigenvalue weighted by Gasteiger charge is -2.24. The second kappa shape index (κ2) is 6.39. The van der Waals surface area contributed by atoms with Crippen LogP contribution < -0.4 is 10.6 Å². The van der Waals surface area contributed by atoms with Crippen molar-refractivity contribution >= 4 is 11.6 Å². The quantitative estimate of drug-likeness (QED) is 0.910. The number of carbonyl (C=O) groups is 1. The highest BCUT2D eigenvalue weighted by molar-refractivity contribution is 5.94. The van der Waals surface area contributed by atoms with Gasteiger partial charge in [0.2, 0.25) is 5.91 Å². The molecule has 4 nitrogen and oxygen atoms in total. The fourth-order valence-corrected chi connectivity index (χ4v) is 2.13. The molecule has 1 aromatic heterocycles. The van der Waals surface area contributed by atoms with Gasteiger partial charge < -0.3 is 15.1 Å². The lowest BCUT2D eigenvalue weighted by atomic mass is 10.1. The lowest BCUT2D eigenvalue weighted by molar-refractivity contribution is -0.118.